The molecule has 0 atom stereocenters. The van der Waals surface area contributed by atoms with E-state index in [1.807, 2.05) is 19.1 Å². The van der Waals surface area contributed by atoms with Gasteiger partial charge in [-0.3, -0.25) is 4.79 Å². The maximum absolute atomic E-state index is 13.1. The molecular formula is C22H21NO3. The van der Waals surface area contributed by atoms with Crippen molar-refractivity contribution in [3.8, 4) is 5.75 Å². The Balaban J connectivity index is 1.93. The minimum atomic E-state index is -1.79. The zero-order valence-corrected chi connectivity index (χ0v) is 14.6. The van der Waals surface area contributed by atoms with Gasteiger partial charge in [-0.05, 0) is 42.3 Å². The number of anilines is 1. The van der Waals surface area contributed by atoms with Crippen LogP contribution >= 0.6 is 0 Å². The predicted octanol–water partition coefficient (Wildman–Crippen LogP) is 3.96. The van der Waals surface area contributed by atoms with E-state index < -0.39 is 11.5 Å². The summed E-state index contributed by atoms with van der Waals surface area (Å²) in [6.45, 7) is 2.49. The lowest BCUT2D eigenvalue weighted by atomic mass is 9.85. The second kappa shape index (κ2) is 7.85. The Morgan fingerprint density at radius 1 is 0.885 bits per heavy atom. The lowest BCUT2D eigenvalue weighted by molar-refractivity contribution is -0.131. The first kappa shape index (κ1) is 17.7. The number of ether oxygens (including phenoxy) is 1. The minimum Gasteiger partial charge on any atom is -0.494 e. The van der Waals surface area contributed by atoms with E-state index in [9.17, 15) is 9.90 Å². The lowest BCUT2D eigenvalue weighted by Gasteiger charge is -2.28. The first-order chi connectivity index (χ1) is 12.6. The molecule has 4 nitrogen and oxygen atoms in total. The van der Waals surface area contributed by atoms with Crippen molar-refractivity contribution in [2.24, 2.45) is 0 Å². The second-order valence-corrected chi connectivity index (χ2v) is 5.85. The van der Waals surface area contributed by atoms with Crippen molar-refractivity contribution in [1.29, 1.82) is 0 Å². The number of nitrogens with one attached hydrogen (secondary N) is 1. The average Bonchev–Trinajstić information content (AvgIpc) is 2.70. The number of rotatable bonds is 6. The van der Waals surface area contributed by atoms with Crippen LogP contribution in [0.1, 0.15) is 18.1 Å². The molecule has 3 aromatic carbocycles. The second-order valence-electron chi connectivity index (χ2n) is 5.85. The summed E-state index contributed by atoms with van der Waals surface area (Å²) in [6, 6.07) is 24.9. The summed E-state index contributed by atoms with van der Waals surface area (Å²) >= 11 is 0. The van der Waals surface area contributed by atoms with E-state index in [1.165, 1.54) is 0 Å². The highest BCUT2D eigenvalue weighted by atomic mass is 16.5. The molecule has 0 aliphatic carbocycles. The van der Waals surface area contributed by atoms with Gasteiger partial charge in [0.15, 0.2) is 5.60 Å². The third kappa shape index (κ3) is 3.60. The number of aliphatic hydroxyl groups is 1. The highest BCUT2D eigenvalue weighted by molar-refractivity contribution is 6.00. The predicted molar refractivity (Wildman–Crippen MR) is 102 cm³/mol. The summed E-state index contributed by atoms with van der Waals surface area (Å²) in [5.74, 6) is 0.214. The highest BCUT2D eigenvalue weighted by Gasteiger charge is 2.39. The molecular weight excluding hydrogens is 326 g/mol. The van der Waals surface area contributed by atoms with Gasteiger partial charge < -0.3 is 15.2 Å². The fourth-order valence-electron chi connectivity index (χ4n) is 2.81. The third-order valence-corrected chi connectivity index (χ3v) is 4.13. The Bertz CT molecular complexity index is 806. The number of carbonyl (C=O) groups is 1. The van der Waals surface area contributed by atoms with Gasteiger partial charge in [0.2, 0.25) is 0 Å². The molecule has 0 aliphatic heterocycles. The number of carbonyl (C=O) groups excluding carboxylic acids is 1. The van der Waals surface area contributed by atoms with Crippen molar-refractivity contribution in [3.05, 3.63) is 96.1 Å². The first-order valence-corrected chi connectivity index (χ1v) is 8.52. The molecule has 26 heavy (non-hydrogen) atoms. The van der Waals surface area contributed by atoms with Crippen molar-refractivity contribution in [2.45, 2.75) is 12.5 Å². The van der Waals surface area contributed by atoms with Crippen LogP contribution in [0.2, 0.25) is 0 Å². The van der Waals surface area contributed by atoms with Crippen molar-refractivity contribution in [1.82, 2.24) is 0 Å². The molecule has 0 spiro atoms. The van der Waals surface area contributed by atoms with E-state index in [4.69, 9.17) is 4.74 Å². The Labute approximate surface area is 153 Å². The molecule has 0 radical (unpaired) electrons. The fourth-order valence-corrected chi connectivity index (χ4v) is 2.81. The van der Waals surface area contributed by atoms with Crippen LogP contribution in [-0.2, 0) is 10.4 Å². The van der Waals surface area contributed by atoms with Gasteiger partial charge in [-0.25, -0.2) is 0 Å². The maximum Gasteiger partial charge on any atom is 0.265 e. The molecule has 0 aliphatic rings. The van der Waals surface area contributed by atoms with Gasteiger partial charge in [0.1, 0.15) is 5.75 Å². The molecule has 0 fully saturated rings. The Hall–Kier alpha value is -3.11. The SMILES string of the molecule is CCOc1ccc(NC(=O)C(O)(c2ccccc2)c2ccccc2)cc1. The van der Waals surface area contributed by atoms with Crippen LogP contribution in [0, 0.1) is 0 Å². The van der Waals surface area contributed by atoms with Crippen LogP contribution in [0.25, 0.3) is 0 Å². The summed E-state index contributed by atoms with van der Waals surface area (Å²) in [7, 11) is 0. The van der Waals surface area contributed by atoms with E-state index >= 15 is 0 Å². The minimum absolute atomic E-state index is 0.509. The topological polar surface area (TPSA) is 58.6 Å². The van der Waals surface area contributed by atoms with Gasteiger partial charge in [-0.15, -0.1) is 0 Å². The van der Waals surface area contributed by atoms with Gasteiger partial charge in [0.05, 0.1) is 6.61 Å². The molecule has 0 saturated carbocycles. The molecule has 2 N–H and O–H groups in total. The standard InChI is InChI=1S/C22H21NO3/c1-2-26-20-15-13-19(14-16-20)23-21(24)22(25,17-9-5-3-6-10-17)18-11-7-4-8-12-18/h3-16,25H,2H2,1H3,(H,23,24). The van der Waals surface area contributed by atoms with Crippen LogP contribution in [0.4, 0.5) is 5.69 Å². The van der Waals surface area contributed by atoms with Gasteiger partial charge in [0, 0.05) is 5.69 Å². The van der Waals surface area contributed by atoms with Crippen molar-refractivity contribution in [3.63, 3.8) is 0 Å². The van der Waals surface area contributed by atoms with Gasteiger partial charge >= 0.3 is 0 Å². The van der Waals surface area contributed by atoms with Crippen LogP contribution < -0.4 is 10.1 Å². The van der Waals surface area contributed by atoms with Gasteiger partial charge in [-0.1, -0.05) is 60.7 Å². The largest absolute Gasteiger partial charge is 0.494 e. The van der Waals surface area contributed by atoms with Crippen LogP contribution in [-0.4, -0.2) is 17.6 Å². The molecule has 3 rings (SSSR count). The molecule has 0 heterocycles. The molecule has 0 saturated heterocycles. The summed E-state index contributed by atoms with van der Waals surface area (Å²) in [5, 5.41) is 14.2. The quantitative estimate of drug-likeness (QED) is 0.710. The van der Waals surface area contributed by atoms with E-state index in [0.29, 0.717) is 23.4 Å². The lowest BCUT2D eigenvalue weighted by Crippen LogP contribution is -2.41. The molecule has 0 aromatic heterocycles. The molecule has 4 heteroatoms. The summed E-state index contributed by atoms with van der Waals surface area (Å²) < 4.78 is 5.41. The van der Waals surface area contributed by atoms with Crippen molar-refractivity contribution in [2.75, 3.05) is 11.9 Å². The number of benzene rings is 3. The summed E-state index contributed by atoms with van der Waals surface area (Å²) in [5.41, 5.74) is -0.186. The molecule has 132 valence electrons. The van der Waals surface area contributed by atoms with Crippen molar-refractivity contribution >= 4 is 11.6 Å². The van der Waals surface area contributed by atoms with Crippen molar-refractivity contribution < 1.29 is 14.6 Å². The fraction of sp³-hybridized carbons (Fsp3) is 0.136. The maximum atomic E-state index is 13.1. The van der Waals surface area contributed by atoms with Gasteiger partial charge in [0.25, 0.3) is 5.91 Å². The first-order valence-electron chi connectivity index (χ1n) is 8.52. The molecule has 0 unspecified atom stereocenters. The monoisotopic (exact) mass is 347 g/mol. The Morgan fingerprint density at radius 2 is 1.38 bits per heavy atom. The van der Waals surface area contributed by atoms with Gasteiger partial charge in [-0.2, -0.15) is 0 Å². The molecule has 3 aromatic rings. The summed E-state index contributed by atoms with van der Waals surface area (Å²) in [4.78, 5) is 13.1. The zero-order chi connectivity index (χ0) is 18.4. The summed E-state index contributed by atoms with van der Waals surface area (Å²) in [6.07, 6.45) is 0. The third-order valence-electron chi connectivity index (χ3n) is 4.13. The highest BCUT2D eigenvalue weighted by Crippen LogP contribution is 2.31. The molecule has 0 bridgehead atoms. The van der Waals surface area contributed by atoms with E-state index in [-0.39, 0.29) is 0 Å². The Morgan fingerprint density at radius 3 is 1.85 bits per heavy atom. The number of hydrogen-bond donors (Lipinski definition) is 2. The zero-order valence-electron chi connectivity index (χ0n) is 14.6. The van der Waals surface area contributed by atoms with Crippen LogP contribution in [0.5, 0.6) is 5.75 Å². The molecule has 1 amide bonds. The Kier molecular flexibility index (Phi) is 5.34. The smallest absolute Gasteiger partial charge is 0.265 e. The van der Waals surface area contributed by atoms with E-state index in [0.717, 1.165) is 5.75 Å². The van der Waals surface area contributed by atoms with E-state index in [1.54, 1.807) is 72.8 Å². The van der Waals surface area contributed by atoms with Crippen LogP contribution in [0.15, 0.2) is 84.9 Å². The van der Waals surface area contributed by atoms with E-state index in [2.05, 4.69) is 5.32 Å². The number of amides is 1. The normalized spacial score (nSPS) is 11.0. The average molecular weight is 347 g/mol. The van der Waals surface area contributed by atoms with Crippen LogP contribution in [0.3, 0.4) is 0 Å². The number of hydrogen-bond acceptors (Lipinski definition) is 3.